The van der Waals surface area contributed by atoms with Crippen molar-refractivity contribution < 1.29 is 27.2 Å². The van der Waals surface area contributed by atoms with E-state index in [1.54, 1.807) is 34.1 Å². The fraction of sp³-hybridized carbons (Fsp3) is 0.417. The number of nitrogens with two attached hydrogens (primary N) is 1. The molecule has 1 atom stereocenters. The van der Waals surface area contributed by atoms with Crippen LogP contribution in [0.15, 0.2) is 42.5 Å². The number of hydrogen-bond donors (Lipinski definition) is 2. The Morgan fingerprint density at radius 3 is 2.32 bits per heavy atom. The molecule has 0 saturated carbocycles. The van der Waals surface area contributed by atoms with Gasteiger partial charge in [-0.25, -0.2) is 4.39 Å². The zero-order valence-corrected chi connectivity index (χ0v) is 18.4. The fourth-order valence-corrected chi connectivity index (χ4v) is 4.45. The lowest BCUT2D eigenvalue weighted by Gasteiger charge is -2.34. The van der Waals surface area contributed by atoms with Crippen molar-refractivity contribution in [1.29, 1.82) is 0 Å². The Hall–Kier alpha value is -3.30. The van der Waals surface area contributed by atoms with Crippen LogP contribution in [0.1, 0.15) is 24.8 Å². The van der Waals surface area contributed by atoms with Crippen molar-refractivity contribution in [1.82, 2.24) is 4.90 Å². The van der Waals surface area contributed by atoms with Crippen molar-refractivity contribution in [3.8, 4) is 0 Å². The first-order valence-corrected chi connectivity index (χ1v) is 11.1. The van der Waals surface area contributed by atoms with Gasteiger partial charge in [-0.1, -0.05) is 12.1 Å². The van der Waals surface area contributed by atoms with Crippen LogP contribution in [0.4, 0.5) is 34.6 Å². The number of benzene rings is 2. The topological polar surface area (TPSA) is 78.7 Å². The van der Waals surface area contributed by atoms with E-state index < -0.39 is 29.7 Å². The quantitative estimate of drug-likeness (QED) is 0.611. The highest BCUT2D eigenvalue weighted by atomic mass is 19.4. The third kappa shape index (κ3) is 5.43. The summed E-state index contributed by atoms with van der Waals surface area (Å²) in [6, 6.07) is 11.7. The molecule has 2 aliphatic heterocycles. The van der Waals surface area contributed by atoms with Gasteiger partial charge in [-0.15, -0.1) is 0 Å². The van der Waals surface area contributed by atoms with Crippen molar-refractivity contribution in [2.45, 2.75) is 32.0 Å². The van der Waals surface area contributed by atoms with Crippen LogP contribution in [0, 0.1) is 17.7 Å². The first kappa shape index (κ1) is 23.8. The zero-order valence-electron chi connectivity index (χ0n) is 18.4. The van der Waals surface area contributed by atoms with Gasteiger partial charge in [0.15, 0.2) is 0 Å². The molecule has 10 heteroatoms. The van der Waals surface area contributed by atoms with E-state index in [0.29, 0.717) is 24.5 Å². The maximum atomic E-state index is 14.7. The van der Waals surface area contributed by atoms with Gasteiger partial charge in [0.25, 0.3) is 0 Å². The number of rotatable bonds is 6. The molecule has 2 amide bonds. The average molecular weight is 478 g/mol. The van der Waals surface area contributed by atoms with Crippen molar-refractivity contribution in [2.75, 3.05) is 29.9 Å². The molecule has 2 heterocycles. The maximum Gasteiger partial charge on any atom is 0.391 e. The minimum atomic E-state index is -4.18. The number of hydrogen-bond acceptors (Lipinski definition) is 4. The Morgan fingerprint density at radius 2 is 1.76 bits per heavy atom. The molecule has 34 heavy (non-hydrogen) atoms. The highest BCUT2D eigenvalue weighted by Crippen LogP contribution is 2.36. The molecule has 1 unspecified atom stereocenters. The summed E-state index contributed by atoms with van der Waals surface area (Å²) in [6.07, 6.45) is -4.05. The number of likely N-dealkylation sites (tertiary alicyclic amines) is 1. The van der Waals surface area contributed by atoms with Crippen molar-refractivity contribution in [3.05, 3.63) is 53.8 Å². The summed E-state index contributed by atoms with van der Waals surface area (Å²) in [6.45, 7) is 1.13. The second kappa shape index (κ2) is 9.52. The summed E-state index contributed by atoms with van der Waals surface area (Å²) in [4.78, 5) is 26.7. The van der Waals surface area contributed by atoms with Gasteiger partial charge in [0, 0.05) is 44.0 Å². The van der Waals surface area contributed by atoms with Gasteiger partial charge >= 0.3 is 6.18 Å². The van der Waals surface area contributed by atoms with Crippen LogP contribution in [0.5, 0.6) is 0 Å². The molecule has 0 spiro atoms. The Morgan fingerprint density at radius 1 is 1.09 bits per heavy atom. The predicted molar refractivity (Wildman–Crippen MR) is 120 cm³/mol. The van der Waals surface area contributed by atoms with Crippen molar-refractivity contribution >= 4 is 28.9 Å². The monoisotopic (exact) mass is 478 g/mol. The lowest BCUT2D eigenvalue weighted by atomic mass is 9.96. The van der Waals surface area contributed by atoms with Crippen LogP contribution >= 0.6 is 0 Å². The number of primary amides is 1. The third-order valence-corrected chi connectivity index (χ3v) is 6.50. The molecule has 0 aliphatic carbocycles. The standard InChI is InChI=1S/C24H26F4N4O2/c25-20-12-19(31-9-7-17(8-10-31)24(26,27)28)5-6-21(20)30-18-3-1-15(2-4-18)13-32-14-16(23(29)34)11-22(32)33/h1-6,12,16-17,30H,7-11,13-14H2,(H2,29,34). The first-order valence-electron chi connectivity index (χ1n) is 11.1. The largest absolute Gasteiger partial charge is 0.391 e. The van der Waals surface area contributed by atoms with E-state index in [4.69, 9.17) is 5.73 Å². The van der Waals surface area contributed by atoms with E-state index in [1.807, 2.05) is 12.1 Å². The smallest absolute Gasteiger partial charge is 0.371 e. The van der Waals surface area contributed by atoms with Crippen molar-refractivity contribution in [2.24, 2.45) is 17.6 Å². The van der Waals surface area contributed by atoms with Crippen LogP contribution in [0.2, 0.25) is 0 Å². The minimum absolute atomic E-state index is 0.00365. The van der Waals surface area contributed by atoms with Crippen LogP contribution < -0.4 is 16.0 Å². The molecule has 2 fully saturated rings. The van der Waals surface area contributed by atoms with Gasteiger partial charge < -0.3 is 20.9 Å². The van der Waals surface area contributed by atoms with E-state index >= 15 is 0 Å². The van der Waals surface area contributed by atoms with E-state index in [0.717, 1.165) is 5.56 Å². The van der Waals surface area contributed by atoms with E-state index in [-0.39, 0.29) is 43.9 Å². The summed E-state index contributed by atoms with van der Waals surface area (Å²) in [5.41, 5.74) is 7.61. The molecule has 2 aromatic carbocycles. The van der Waals surface area contributed by atoms with Crippen LogP contribution in [-0.4, -0.2) is 42.5 Å². The SMILES string of the molecule is NC(=O)C1CC(=O)N(Cc2ccc(Nc3ccc(N4CCC(C(F)(F)F)CC4)cc3F)cc2)C1. The minimum Gasteiger partial charge on any atom is -0.371 e. The lowest BCUT2D eigenvalue weighted by molar-refractivity contribution is -0.179. The molecule has 182 valence electrons. The molecule has 3 N–H and O–H groups in total. The van der Waals surface area contributed by atoms with E-state index in [1.165, 1.54) is 6.07 Å². The van der Waals surface area contributed by atoms with Crippen LogP contribution in [0.3, 0.4) is 0 Å². The van der Waals surface area contributed by atoms with Gasteiger partial charge in [-0.05, 0) is 48.7 Å². The number of anilines is 3. The number of alkyl halides is 3. The Balaban J connectivity index is 1.34. The number of nitrogens with zero attached hydrogens (tertiary/aromatic N) is 2. The van der Waals surface area contributed by atoms with E-state index in [9.17, 15) is 27.2 Å². The average Bonchev–Trinajstić information content (AvgIpc) is 3.16. The number of halogens is 4. The van der Waals surface area contributed by atoms with Gasteiger partial charge in [-0.3, -0.25) is 9.59 Å². The second-order valence-electron chi connectivity index (χ2n) is 8.87. The number of amides is 2. The number of carbonyl (C=O) groups is 2. The Labute approximate surface area is 194 Å². The van der Waals surface area contributed by atoms with Gasteiger partial charge in [0.1, 0.15) is 5.82 Å². The number of carbonyl (C=O) groups excluding carboxylic acids is 2. The molecule has 0 aromatic heterocycles. The zero-order chi connectivity index (χ0) is 24.5. The molecular formula is C24H26F4N4O2. The highest BCUT2D eigenvalue weighted by molar-refractivity contribution is 5.88. The molecule has 2 saturated heterocycles. The Bertz CT molecular complexity index is 1050. The molecule has 4 rings (SSSR count). The van der Waals surface area contributed by atoms with Crippen LogP contribution in [-0.2, 0) is 16.1 Å². The van der Waals surface area contributed by atoms with Gasteiger partial charge in [0.05, 0.1) is 17.5 Å². The molecule has 0 radical (unpaired) electrons. The summed E-state index contributed by atoms with van der Waals surface area (Å²) >= 11 is 0. The summed E-state index contributed by atoms with van der Waals surface area (Å²) in [5, 5.41) is 3.00. The molecular weight excluding hydrogens is 452 g/mol. The van der Waals surface area contributed by atoms with Crippen molar-refractivity contribution in [3.63, 3.8) is 0 Å². The van der Waals surface area contributed by atoms with Gasteiger partial charge in [-0.2, -0.15) is 13.2 Å². The van der Waals surface area contributed by atoms with Gasteiger partial charge in [0.2, 0.25) is 11.8 Å². The fourth-order valence-electron chi connectivity index (χ4n) is 4.45. The summed E-state index contributed by atoms with van der Waals surface area (Å²) in [5.74, 6) is -2.86. The van der Waals surface area contributed by atoms with Crippen LogP contribution in [0.25, 0.3) is 0 Å². The molecule has 2 aliphatic rings. The number of nitrogens with one attached hydrogen (secondary N) is 1. The Kier molecular flexibility index (Phi) is 6.67. The number of piperidine rings is 1. The predicted octanol–water partition coefficient (Wildman–Crippen LogP) is 4.18. The summed E-state index contributed by atoms with van der Waals surface area (Å²) in [7, 11) is 0. The summed E-state index contributed by atoms with van der Waals surface area (Å²) < 4.78 is 53.3. The first-order chi connectivity index (χ1) is 16.1. The van der Waals surface area contributed by atoms with E-state index in [2.05, 4.69) is 5.32 Å². The second-order valence-corrected chi connectivity index (χ2v) is 8.87. The lowest BCUT2D eigenvalue weighted by Crippen LogP contribution is -2.39. The third-order valence-electron chi connectivity index (χ3n) is 6.50. The maximum absolute atomic E-state index is 14.7. The highest BCUT2D eigenvalue weighted by Gasteiger charge is 2.41. The normalized spacial score (nSPS) is 19.5. The molecule has 6 nitrogen and oxygen atoms in total. The molecule has 2 aromatic rings. The molecule has 0 bridgehead atoms.